The molecule has 2 aromatic carbocycles. The molecule has 7 rings (SSSR count). The van der Waals surface area contributed by atoms with Crippen molar-refractivity contribution in [2.24, 2.45) is 0 Å². The van der Waals surface area contributed by atoms with Crippen LogP contribution in [0.5, 0.6) is 5.75 Å². The number of fused-ring (bicyclic) bond motifs is 2. The van der Waals surface area contributed by atoms with E-state index in [1.165, 1.54) is 31.4 Å². The van der Waals surface area contributed by atoms with Gasteiger partial charge in [-0.1, -0.05) is 18.7 Å². The molecule has 5 aromatic rings. The average molecular weight is 693 g/mol. The molecule has 0 atom stereocenters. The molecule has 2 aliphatic heterocycles. The molecule has 0 unspecified atom stereocenters. The molecule has 0 bridgehead atoms. The SMILES string of the molecule is C=CC(=O)N1CC(n2cc(-c3nc(-c4ccc5c(c4)CCN(C(=O)OC(C)(C)C)C5)c4ccsc4c3-c3ccc(F)cc3OC)ccc2=O)C1. The van der Waals surface area contributed by atoms with Crippen molar-refractivity contribution in [2.75, 3.05) is 26.7 Å². The van der Waals surface area contributed by atoms with Gasteiger partial charge in [0.1, 0.15) is 17.2 Å². The summed E-state index contributed by atoms with van der Waals surface area (Å²) in [5, 5.41) is 2.94. The number of carbonyl (C=O) groups is 2. The molecule has 0 spiro atoms. The number of carbonyl (C=O) groups excluding carboxylic acids is 2. The van der Waals surface area contributed by atoms with Crippen LogP contribution in [-0.4, -0.2) is 63.7 Å². The van der Waals surface area contributed by atoms with Gasteiger partial charge in [0.2, 0.25) is 5.91 Å². The molecule has 50 heavy (non-hydrogen) atoms. The van der Waals surface area contributed by atoms with E-state index in [-0.39, 0.29) is 23.6 Å². The third kappa shape index (κ3) is 6.17. The number of likely N-dealkylation sites (tertiary alicyclic amines) is 1. The summed E-state index contributed by atoms with van der Waals surface area (Å²) in [4.78, 5) is 46.8. The molecule has 0 radical (unpaired) electrons. The molecule has 2 aliphatic rings. The number of benzene rings is 2. The fraction of sp³-hybridized carbons (Fsp3) is 0.282. The van der Waals surface area contributed by atoms with Gasteiger partial charge in [0.15, 0.2) is 0 Å². The molecule has 3 aromatic heterocycles. The van der Waals surface area contributed by atoms with E-state index in [0.29, 0.717) is 55.2 Å². The van der Waals surface area contributed by atoms with Crippen LogP contribution in [0.4, 0.5) is 9.18 Å². The summed E-state index contributed by atoms with van der Waals surface area (Å²) in [5.41, 5.74) is 5.87. The van der Waals surface area contributed by atoms with Gasteiger partial charge in [-0.15, -0.1) is 11.3 Å². The average Bonchev–Trinajstić information content (AvgIpc) is 3.56. The lowest BCUT2D eigenvalue weighted by molar-refractivity contribution is -0.131. The van der Waals surface area contributed by atoms with Crippen molar-refractivity contribution in [3.05, 3.63) is 106 Å². The Morgan fingerprint density at radius 1 is 1.00 bits per heavy atom. The van der Waals surface area contributed by atoms with Crippen molar-refractivity contribution >= 4 is 33.4 Å². The largest absolute Gasteiger partial charge is 0.496 e. The first-order valence-electron chi connectivity index (χ1n) is 16.4. The van der Waals surface area contributed by atoms with Crippen LogP contribution >= 0.6 is 11.3 Å². The summed E-state index contributed by atoms with van der Waals surface area (Å²) in [6, 6.07) is 15.8. The number of nitrogens with zero attached hydrogens (tertiary/aromatic N) is 4. The van der Waals surface area contributed by atoms with Gasteiger partial charge in [-0.3, -0.25) is 9.59 Å². The highest BCUT2D eigenvalue weighted by atomic mass is 32.1. The minimum absolute atomic E-state index is 0.173. The molecule has 5 heterocycles. The second kappa shape index (κ2) is 12.9. The maximum atomic E-state index is 14.4. The van der Waals surface area contributed by atoms with E-state index in [1.807, 2.05) is 44.4 Å². The number of halogens is 1. The Bertz CT molecular complexity index is 2230. The van der Waals surface area contributed by atoms with E-state index < -0.39 is 11.4 Å². The molecule has 1 saturated heterocycles. The monoisotopic (exact) mass is 692 g/mol. The van der Waals surface area contributed by atoms with Crippen LogP contribution in [0.15, 0.2) is 83.6 Å². The van der Waals surface area contributed by atoms with Gasteiger partial charge in [0.05, 0.1) is 24.5 Å². The number of hydrogen-bond acceptors (Lipinski definition) is 7. The van der Waals surface area contributed by atoms with E-state index >= 15 is 0 Å². The van der Waals surface area contributed by atoms with Crippen LogP contribution in [0.1, 0.15) is 37.9 Å². The maximum absolute atomic E-state index is 14.4. The quantitative estimate of drug-likeness (QED) is 0.172. The minimum atomic E-state index is -0.573. The number of hydrogen-bond donors (Lipinski definition) is 0. The first kappa shape index (κ1) is 33.2. The third-order valence-electron chi connectivity index (χ3n) is 9.14. The molecule has 1 fully saturated rings. The van der Waals surface area contributed by atoms with Crippen LogP contribution in [0.25, 0.3) is 43.7 Å². The summed E-state index contributed by atoms with van der Waals surface area (Å²) in [7, 11) is 1.51. The van der Waals surface area contributed by atoms with E-state index in [4.69, 9.17) is 14.5 Å². The predicted octanol–water partition coefficient (Wildman–Crippen LogP) is 7.47. The Morgan fingerprint density at radius 3 is 2.52 bits per heavy atom. The number of amides is 2. The summed E-state index contributed by atoms with van der Waals surface area (Å²) < 4.78 is 28.3. The zero-order valence-electron chi connectivity index (χ0n) is 28.4. The minimum Gasteiger partial charge on any atom is -0.496 e. The van der Waals surface area contributed by atoms with Gasteiger partial charge in [-0.2, -0.15) is 0 Å². The number of ether oxygens (including phenoxy) is 2. The molecule has 0 N–H and O–H groups in total. The highest BCUT2D eigenvalue weighted by molar-refractivity contribution is 7.18. The van der Waals surface area contributed by atoms with Crippen LogP contribution in [0, 0.1) is 5.82 Å². The van der Waals surface area contributed by atoms with Crippen molar-refractivity contribution in [3.63, 3.8) is 0 Å². The molecule has 256 valence electrons. The zero-order valence-corrected chi connectivity index (χ0v) is 29.2. The number of rotatable bonds is 6. The van der Waals surface area contributed by atoms with Gasteiger partial charge in [-0.25, -0.2) is 14.2 Å². The van der Waals surface area contributed by atoms with Gasteiger partial charge >= 0.3 is 6.09 Å². The highest BCUT2D eigenvalue weighted by Gasteiger charge is 2.32. The van der Waals surface area contributed by atoms with E-state index in [2.05, 4.69) is 12.6 Å². The van der Waals surface area contributed by atoms with Crippen molar-refractivity contribution in [1.82, 2.24) is 19.4 Å². The topological polar surface area (TPSA) is 94.0 Å². The second-order valence-electron chi connectivity index (χ2n) is 13.6. The summed E-state index contributed by atoms with van der Waals surface area (Å²) >= 11 is 1.55. The van der Waals surface area contributed by atoms with Crippen LogP contribution in [-0.2, 0) is 22.5 Å². The van der Waals surface area contributed by atoms with Crippen molar-refractivity contribution in [3.8, 4) is 39.4 Å². The first-order valence-corrected chi connectivity index (χ1v) is 17.3. The second-order valence-corrected chi connectivity index (χ2v) is 14.5. The van der Waals surface area contributed by atoms with Crippen LogP contribution in [0.2, 0.25) is 0 Å². The Hall–Kier alpha value is -5.29. The number of pyridine rings is 2. The van der Waals surface area contributed by atoms with Gasteiger partial charge in [0, 0.05) is 76.8 Å². The van der Waals surface area contributed by atoms with Crippen LogP contribution < -0.4 is 10.3 Å². The first-order chi connectivity index (χ1) is 23.9. The van der Waals surface area contributed by atoms with E-state index in [0.717, 1.165) is 38.0 Å². The van der Waals surface area contributed by atoms with Gasteiger partial charge in [-0.05, 0) is 80.1 Å². The molecule has 2 amide bonds. The number of aromatic nitrogens is 2. The fourth-order valence-electron chi connectivity index (χ4n) is 6.63. The zero-order chi connectivity index (χ0) is 35.3. The Morgan fingerprint density at radius 2 is 1.78 bits per heavy atom. The van der Waals surface area contributed by atoms with E-state index in [1.54, 1.807) is 44.0 Å². The summed E-state index contributed by atoms with van der Waals surface area (Å²) in [6.45, 7) is 11.0. The molecular weight excluding hydrogens is 656 g/mol. The van der Waals surface area contributed by atoms with Crippen LogP contribution in [0.3, 0.4) is 0 Å². The normalized spacial score (nSPS) is 14.7. The molecule has 11 heteroatoms. The predicted molar refractivity (Wildman–Crippen MR) is 193 cm³/mol. The Kier molecular flexibility index (Phi) is 8.55. The molecular formula is C39H37FN4O5S. The number of thiophene rings is 1. The molecule has 0 aliphatic carbocycles. The Balaban J connectivity index is 1.36. The van der Waals surface area contributed by atoms with E-state index in [9.17, 15) is 18.8 Å². The van der Waals surface area contributed by atoms with Gasteiger partial charge in [0.25, 0.3) is 5.56 Å². The lowest BCUT2D eigenvalue weighted by atomic mass is 9.93. The smallest absolute Gasteiger partial charge is 0.410 e. The Labute approximate surface area is 293 Å². The molecule has 9 nitrogen and oxygen atoms in total. The molecule has 0 saturated carbocycles. The lowest BCUT2D eigenvalue weighted by Gasteiger charge is -2.39. The summed E-state index contributed by atoms with van der Waals surface area (Å²) in [6.07, 6.45) is 3.42. The van der Waals surface area contributed by atoms with Gasteiger partial charge < -0.3 is 23.8 Å². The fourth-order valence-corrected chi connectivity index (χ4v) is 7.58. The highest BCUT2D eigenvalue weighted by Crippen LogP contribution is 2.46. The number of methoxy groups -OCH3 is 1. The standard InChI is InChI=1S/C39H37FN4O5S/c1-6-32(45)43-21-28(22-43)44-20-26(9-12-33(44)46)36-34(29-11-10-27(40)18-31(29)48-5)37-30(14-16-50-37)35(41-36)24-7-8-25-19-42(15-13-23(25)17-24)38(47)49-39(2,3)4/h6-12,14,16-18,20,28H,1,13,15,19,21-22H2,2-5H3. The maximum Gasteiger partial charge on any atom is 0.410 e. The lowest BCUT2D eigenvalue weighted by Crippen LogP contribution is -2.52. The summed E-state index contributed by atoms with van der Waals surface area (Å²) in [5.74, 6) is -0.228. The van der Waals surface area contributed by atoms with Crippen molar-refractivity contribution in [1.29, 1.82) is 0 Å². The van der Waals surface area contributed by atoms with Crippen molar-refractivity contribution in [2.45, 2.75) is 45.4 Å². The third-order valence-corrected chi connectivity index (χ3v) is 10.1. The van der Waals surface area contributed by atoms with Crippen molar-refractivity contribution < 1.29 is 23.5 Å².